The molecule has 0 spiro atoms. The van der Waals surface area contributed by atoms with Crippen molar-refractivity contribution in [1.82, 2.24) is 25.1 Å². The highest BCUT2D eigenvalue weighted by atomic mass is 19.1. The van der Waals surface area contributed by atoms with Gasteiger partial charge in [0, 0.05) is 11.6 Å². The summed E-state index contributed by atoms with van der Waals surface area (Å²) >= 11 is 0. The molecule has 0 saturated heterocycles. The standard InChI is InChI=1S/C38H32F2N6O2/c39-27-20-41-35-30(31(27)38(24-10-4-1-5-11-24,25-12-6-2-7-13-25)26-14-8-3-9-15-26)33(45-46-35)36-42-21-28(40)34(44-36)43-32-23-18-16-22(17-19-23)29(32)37(47)48/h1-15,20-23,29,32H,16-19H2,(H,47,48)(H,41,45,46)(H,42,43,44). The molecule has 0 amide bonds. The van der Waals surface area contributed by atoms with Crippen LogP contribution in [0.25, 0.3) is 22.6 Å². The zero-order valence-electron chi connectivity index (χ0n) is 25.9. The Balaban J connectivity index is 1.36. The number of nitrogens with one attached hydrogen (secondary N) is 2. The Morgan fingerprint density at radius 3 is 1.88 bits per heavy atom. The third-order valence-electron chi connectivity index (χ3n) is 10.3. The molecule has 2 bridgehead atoms. The quantitative estimate of drug-likeness (QED) is 0.148. The van der Waals surface area contributed by atoms with E-state index < -0.39 is 35.0 Å². The van der Waals surface area contributed by atoms with Gasteiger partial charge in [-0.15, -0.1) is 0 Å². The number of fused-ring (bicyclic) bond motifs is 4. The van der Waals surface area contributed by atoms with Crippen LogP contribution < -0.4 is 5.32 Å². The summed E-state index contributed by atoms with van der Waals surface area (Å²) in [6, 6.07) is 28.6. The van der Waals surface area contributed by atoms with Gasteiger partial charge in [0.25, 0.3) is 0 Å². The molecule has 0 aliphatic heterocycles. The van der Waals surface area contributed by atoms with Crippen LogP contribution in [0.5, 0.6) is 0 Å². The molecule has 240 valence electrons. The molecule has 3 heterocycles. The average Bonchev–Trinajstić information content (AvgIpc) is 3.56. The maximum atomic E-state index is 16.8. The summed E-state index contributed by atoms with van der Waals surface area (Å²) in [4.78, 5) is 25.6. The van der Waals surface area contributed by atoms with E-state index >= 15 is 8.78 Å². The van der Waals surface area contributed by atoms with Gasteiger partial charge >= 0.3 is 5.97 Å². The zero-order chi connectivity index (χ0) is 32.8. The van der Waals surface area contributed by atoms with Crippen LogP contribution in [0.15, 0.2) is 103 Å². The number of carbonyl (C=O) groups is 1. The predicted octanol–water partition coefficient (Wildman–Crippen LogP) is 7.38. The first kappa shape index (κ1) is 29.9. The second-order valence-corrected chi connectivity index (χ2v) is 12.7. The normalized spacial score (nSPS) is 20.5. The van der Waals surface area contributed by atoms with Crippen LogP contribution in [0.1, 0.15) is 47.9 Å². The number of aliphatic carboxylic acids is 1. The second kappa shape index (κ2) is 11.9. The topological polar surface area (TPSA) is 117 Å². The maximum absolute atomic E-state index is 16.8. The first-order chi connectivity index (χ1) is 23.5. The highest BCUT2D eigenvalue weighted by molar-refractivity contribution is 5.94. The summed E-state index contributed by atoms with van der Waals surface area (Å²) in [5.74, 6) is -2.74. The van der Waals surface area contributed by atoms with Gasteiger partial charge in [0.2, 0.25) is 0 Å². The number of carboxylic acids is 1. The average molecular weight is 643 g/mol. The Morgan fingerprint density at radius 1 is 0.771 bits per heavy atom. The smallest absolute Gasteiger partial charge is 0.308 e. The van der Waals surface area contributed by atoms with Gasteiger partial charge in [0.05, 0.1) is 29.1 Å². The summed E-state index contributed by atoms with van der Waals surface area (Å²) in [6.07, 6.45) is 5.70. The van der Waals surface area contributed by atoms with Crippen LogP contribution in [0.4, 0.5) is 14.6 Å². The molecular weight excluding hydrogens is 610 g/mol. The minimum absolute atomic E-state index is 0.0309. The Kier molecular flexibility index (Phi) is 7.43. The highest BCUT2D eigenvalue weighted by Crippen LogP contribution is 2.50. The van der Waals surface area contributed by atoms with E-state index in [-0.39, 0.29) is 34.7 Å². The predicted molar refractivity (Wildman–Crippen MR) is 177 cm³/mol. The lowest BCUT2D eigenvalue weighted by molar-refractivity contribution is -0.148. The molecule has 3 N–H and O–H groups in total. The van der Waals surface area contributed by atoms with Crippen molar-refractivity contribution in [2.24, 2.45) is 17.8 Å². The van der Waals surface area contributed by atoms with Gasteiger partial charge in [-0.2, -0.15) is 5.10 Å². The number of rotatable bonds is 8. The summed E-state index contributed by atoms with van der Waals surface area (Å²) in [6.45, 7) is 0. The Bertz CT molecular complexity index is 2000. The minimum Gasteiger partial charge on any atom is -0.481 e. The summed E-state index contributed by atoms with van der Waals surface area (Å²) in [7, 11) is 0. The molecule has 3 aromatic carbocycles. The third kappa shape index (κ3) is 4.73. The molecule has 8 nitrogen and oxygen atoms in total. The lowest BCUT2D eigenvalue weighted by atomic mass is 9.61. The fourth-order valence-electron chi connectivity index (χ4n) is 8.25. The number of nitrogens with zero attached hydrogens (tertiary/aromatic N) is 4. The Morgan fingerprint density at radius 2 is 1.31 bits per heavy atom. The van der Waals surface area contributed by atoms with Crippen LogP contribution >= 0.6 is 0 Å². The monoisotopic (exact) mass is 642 g/mol. The molecule has 3 aliphatic carbocycles. The van der Waals surface area contributed by atoms with Crippen molar-refractivity contribution in [1.29, 1.82) is 0 Å². The Hall–Kier alpha value is -5.51. The number of aromatic amines is 1. The van der Waals surface area contributed by atoms with Crippen molar-refractivity contribution >= 4 is 22.8 Å². The van der Waals surface area contributed by atoms with Gasteiger partial charge in [-0.3, -0.25) is 9.89 Å². The number of benzene rings is 3. The van der Waals surface area contributed by atoms with Crippen LogP contribution in [-0.4, -0.2) is 42.3 Å². The molecule has 2 unspecified atom stereocenters. The lowest BCUT2D eigenvalue weighted by Gasteiger charge is -2.47. The van der Waals surface area contributed by atoms with Gasteiger partial charge < -0.3 is 10.4 Å². The van der Waals surface area contributed by atoms with Crippen LogP contribution in [0, 0.1) is 29.4 Å². The lowest BCUT2D eigenvalue weighted by Crippen LogP contribution is -2.51. The third-order valence-corrected chi connectivity index (χ3v) is 10.3. The minimum atomic E-state index is -1.18. The summed E-state index contributed by atoms with van der Waals surface area (Å²) < 4.78 is 32.2. The van der Waals surface area contributed by atoms with E-state index in [9.17, 15) is 9.90 Å². The zero-order valence-corrected chi connectivity index (χ0v) is 25.9. The van der Waals surface area contributed by atoms with E-state index in [1.165, 1.54) is 6.20 Å². The van der Waals surface area contributed by atoms with Crippen molar-refractivity contribution in [2.75, 3.05) is 5.32 Å². The largest absolute Gasteiger partial charge is 0.481 e. The molecule has 3 fully saturated rings. The number of anilines is 1. The molecule has 10 heteroatoms. The van der Waals surface area contributed by atoms with Crippen molar-refractivity contribution < 1.29 is 18.7 Å². The fourth-order valence-corrected chi connectivity index (χ4v) is 8.25. The van der Waals surface area contributed by atoms with Gasteiger partial charge in [-0.1, -0.05) is 91.0 Å². The molecule has 9 rings (SSSR count). The number of halogens is 2. The van der Waals surface area contributed by atoms with E-state index in [4.69, 9.17) is 0 Å². The van der Waals surface area contributed by atoms with E-state index in [0.717, 1.165) is 48.6 Å². The van der Waals surface area contributed by atoms with Crippen molar-refractivity contribution in [3.05, 3.63) is 137 Å². The van der Waals surface area contributed by atoms with Gasteiger partial charge in [-0.25, -0.2) is 23.7 Å². The molecule has 0 radical (unpaired) electrons. The SMILES string of the molecule is O=C(O)C1C2CCC(CC2)C1Nc1nc(-c2n[nH]c3ncc(F)c(C(c4ccccc4)(c4ccccc4)c4ccccc4)c23)ncc1F. The Labute approximate surface area is 275 Å². The summed E-state index contributed by atoms with van der Waals surface area (Å²) in [5, 5.41) is 21.1. The molecule has 3 saturated carbocycles. The van der Waals surface area contributed by atoms with Crippen molar-refractivity contribution in [3.63, 3.8) is 0 Å². The molecule has 48 heavy (non-hydrogen) atoms. The number of aromatic nitrogens is 5. The van der Waals surface area contributed by atoms with Gasteiger partial charge in [0.1, 0.15) is 11.5 Å². The summed E-state index contributed by atoms with van der Waals surface area (Å²) in [5.41, 5.74) is 2.07. The van der Waals surface area contributed by atoms with Crippen LogP contribution in [-0.2, 0) is 10.2 Å². The van der Waals surface area contributed by atoms with E-state index in [1.54, 1.807) is 0 Å². The number of pyridine rings is 1. The van der Waals surface area contributed by atoms with Crippen molar-refractivity contribution in [3.8, 4) is 11.5 Å². The molecular formula is C38H32F2N6O2. The second-order valence-electron chi connectivity index (χ2n) is 12.7. The molecule has 2 atom stereocenters. The molecule has 6 aromatic rings. The first-order valence-corrected chi connectivity index (χ1v) is 16.2. The van der Waals surface area contributed by atoms with Gasteiger partial charge in [0.15, 0.2) is 23.1 Å². The number of H-pyrrole nitrogens is 1. The van der Waals surface area contributed by atoms with E-state index in [2.05, 4.69) is 30.5 Å². The van der Waals surface area contributed by atoms with E-state index in [1.807, 2.05) is 91.0 Å². The number of carboxylic acid groups (broad SMARTS) is 1. The number of hydrogen-bond acceptors (Lipinski definition) is 6. The van der Waals surface area contributed by atoms with Crippen LogP contribution in [0.2, 0.25) is 0 Å². The van der Waals surface area contributed by atoms with E-state index in [0.29, 0.717) is 11.0 Å². The number of hydrogen-bond donors (Lipinski definition) is 3. The van der Waals surface area contributed by atoms with Gasteiger partial charge in [-0.05, 0) is 54.2 Å². The first-order valence-electron chi connectivity index (χ1n) is 16.2. The fraction of sp³-hybridized carbons (Fsp3) is 0.237. The molecule has 3 aromatic heterocycles. The highest BCUT2D eigenvalue weighted by Gasteiger charge is 2.48. The van der Waals surface area contributed by atoms with Crippen molar-refractivity contribution in [2.45, 2.75) is 37.1 Å². The van der Waals surface area contributed by atoms with Crippen LogP contribution in [0.3, 0.4) is 0 Å². The maximum Gasteiger partial charge on any atom is 0.308 e. The molecule has 3 aliphatic rings.